The van der Waals surface area contributed by atoms with Crippen LogP contribution in [0.4, 0.5) is 8.78 Å². The van der Waals surface area contributed by atoms with Gasteiger partial charge in [-0.1, -0.05) is 6.58 Å². The van der Waals surface area contributed by atoms with E-state index in [0.29, 0.717) is 0 Å². The fraction of sp³-hybridized carbons (Fsp3) is 0.625. The molecule has 0 N–H and O–H groups in total. The smallest absolute Gasteiger partial charge is 0.333 e. The fourth-order valence-electron chi connectivity index (χ4n) is 0.753. The number of esters is 1. The van der Waals surface area contributed by atoms with E-state index in [0.717, 1.165) is 0 Å². The molecule has 0 aromatic rings. The summed E-state index contributed by atoms with van der Waals surface area (Å²) in [5.41, 5.74) is 0.213. The van der Waals surface area contributed by atoms with Crippen LogP contribution < -0.4 is 0 Å². The predicted octanol–water partition coefficient (Wildman–Crippen LogP) is 1.14. The normalized spacial score (nSPS) is 31.2. The maximum absolute atomic E-state index is 12.7. The zero-order valence-electron chi connectivity index (χ0n) is 7.18. The molecule has 1 fully saturated rings. The first-order chi connectivity index (χ1) is 5.99. The van der Waals surface area contributed by atoms with Crippen molar-refractivity contribution in [2.24, 2.45) is 0 Å². The maximum atomic E-state index is 12.7. The third-order valence-corrected chi connectivity index (χ3v) is 1.66. The van der Waals surface area contributed by atoms with E-state index in [1.54, 1.807) is 0 Å². The van der Waals surface area contributed by atoms with Crippen LogP contribution in [0.3, 0.4) is 0 Å². The van der Waals surface area contributed by atoms with E-state index >= 15 is 0 Å². The van der Waals surface area contributed by atoms with Crippen molar-refractivity contribution < 1.29 is 23.0 Å². The molecule has 3 nitrogen and oxygen atoms in total. The van der Waals surface area contributed by atoms with Crippen LogP contribution in [0.5, 0.6) is 0 Å². The Balaban J connectivity index is 2.23. The Kier molecular flexibility index (Phi) is 2.66. The number of hydrogen-bond acceptors (Lipinski definition) is 3. The van der Waals surface area contributed by atoms with E-state index in [4.69, 9.17) is 0 Å². The first-order valence-electron chi connectivity index (χ1n) is 3.75. The number of hydrogen-bond donors (Lipinski definition) is 0. The van der Waals surface area contributed by atoms with Crippen LogP contribution in [0.2, 0.25) is 0 Å². The Morgan fingerprint density at radius 1 is 1.77 bits per heavy atom. The molecule has 0 bridgehead atoms. The Morgan fingerprint density at radius 2 is 2.38 bits per heavy atom. The van der Waals surface area contributed by atoms with Gasteiger partial charge in [0.15, 0.2) is 12.8 Å². The van der Waals surface area contributed by atoms with Gasteiger partial charge in [-0.15, -0.1) is 0 Å². The van der Waals surface area contributed by atoms with Crippen LogP contribution >= 0.6 is 0 Å². The standard InChI is InChI=1S/C8H10F2O3/c1-5(2)7(11)12-3-6-8(10,4-9)13-6/h6H,1,3-4H2,2H3. The van der Waals surface area contributed by atoms with Crippen LogP contribution in [0.1, 0.15) is 6.92 Å². The van der Waals surface area contributed by atoms with E-state index in [-0.39, 0.29) is 12.2 Å². The lowest BCUT2D eigenvalue weighted by Crippen LogP contribution is -2.17. The summed E-state index contributed by atoms with van der Waals surface area (Å²) in [5.74, 6) is -2.87. The summed E-state index contributed by atoms with van der Waals surface area (Å²) in [4.78, 5) is 10.8. The first kappa shape index (κ1) is 10.1. The molecule has 0 amide bonds. The lowest BCUT2D eigenvalue weighted by Gasteiger charge is -2.01. The summed E-state index contributed by atoms with van der Waals surface area (Å²) in [6.07, 6.45) is -0.971. The number of rotatable bonds is 4. The zero-order valence-corrected chi connectivity index (χ0v) is 7.18. The second kappa shape index (κ2) is 3.41. The van der Waals surface area contributed by atoms with Gasteiger partial charge in [0.2, 0.25) is 0 Å². The summed E-state index contributed by atoms with van der Waals surface area (Å²) in [6.45, 7) is 3.30. The molecule has 0 aliphatic carbocycles. The second-order valence-electron chi connectivity index (χ2n) is 2.91. The molecular formula is C8H10F2O3. The Morgan fingerprint density at radius 3 is 2.77 bits per heavy atom. The first-order valence-corrected chi connectivity index (χ1v) is 3.75. The van der Waals surface area contributed by atoms with E-state index < -0.39 is 24.6 Å². The van der Waals surface area contributed by atoms with Crippen molar-refractivity contribution in [3.8, 4) is 0 Å². The Bertz CT molecular complexity index is 242. The number of epoxide rings is 1. The van der Waals surface area contributed by atoms with Gasteiger partial charge in [-0.3, -0.25) is 0 Å². The van der Waals surface area contributed by atoms with Crippen LogP contribution in [0.25, 0.3) is 0 Å². The Hall–Kier alpha value is -0.970. The molecule has 2 atom stereocenters. The molecule has 0 aromatic heterocycles. The number of alkyl halides is 2. The largest absolute Gasteiger partial charge is 0.459 e. The minimum absolute atomic E-state index is 0.213. The highest BCUT2D eigenvalue weighted by molar-refractivity contribution is 5.86. The van der Waals surface area contributed by atoms with Gasteiger partial charge in [0.25, 0.3) is 5.85 Å². The minimum Gasteiger partial charge on any atom is -0.459 e. The molecule has 1 aliphatic heterocycles. The molecule has 1 heterocycles. The van der Waals surface area contributed by atoms with Crippen molar-refractivity contribution in [3.05, 3.63) is 12.2 Å². The maximum Gasteiger partial charge on any atom is 0.333 e. The molecule has 13 heavy (non-hydrogen) atoms. The Labute approximate surface area is 74.3 Å². The molecule has 0 aromatic carbocycles. The quantitative estimate of drug-likeness (QED) is 0.381. The average Bonchev–Trinajstić information content (AvgIpc) is 2.74. The van der Waals surface area contributed by atoms with Crippen molar-refractivity contribution in [2.75, 3.05) is 13.3 Å². The summed E-state index contributed by atoms with van der Waals surface area (Å²) in [6, 6.07) is 0. The summed E-state index contributed by atoms with van der Waals surface area (Å²) >= 11 is 0. The predicted molar refractivity (Wildman–Crippen MR) is 40.5 cm³/mol. The third-order valence-electron chi connectivity index (χ3n) is 1.66. The van der Waals surface area contributed by atoms with Crippen LogP contribution in [-0.4, -0.2) is 31.2 Å². The average molecular weight is 192 g/mol. The number of carbonyl (C=O) groups excluding carboxylic acids is 1. The van der Waals surface area contributed by atoms with Crippen molar-refractivity contribution in [1.82, 2.24) is 0 Å². The monoisotopic (exact) mass is 192 g/mol. The van der Waals surface area contributed by atoms with Crippen molar-refractivity contribution in [1.29, 1.82) is 0 Å². The van der Waals surface area contributed by atoms with E-state index in [1.165, 1.54) is 6.92 Å². The van der Waals surface area contributed by atoms with Crippen molar-refractivity contribution >= 4 is 5.97 Å². The van der Waals surface area contributed by atoms with Gasteiger partial charge in [-0.25, -0.2) is 13.6 Å². The number of carbonyl (C=O) groups is 1. The van der Waals surface area contributed by atoms with Crippen LogP contribution in [0.15, 0.2) is 12.2 Å². The number of ether oxygens (including phenoxy) is 2. The molecular weight excluding hydrogens is 182 g/mol. The van der Waals surface area contributed by atoms with Crippen LogP contribution in [0, 0.1) is 0 Å². The lowest BCUT2D eigenvalue weighted by molar-refractivity contribution is -0.139. The van der Waals surface area contributed by atoms with Gasteiger partial charge >= 0.3 is 5.97 Å². The zero-order chi connectivity index (χ0) is 10.1. The fourth-order valence-corrected chi connectivity index (χ4v) is 0.753. The highest BCUT2D eigenvalue weighted by Gasteiger charge is 2.59. The highest BCUT2D eigenvalue weighted by atomic mass is 19.2. The summed E-state index contributed by atoms with van der Waals surface area (Å²) in [5, 5.41) is 0. The third kappa shape index (κ3) is 2.24. The van der Waals surface area contributed by atoms with E-state index in [2.05, 4.69) is 16.1 Å². The number of halogens is 2. The minimum atomic E-state index is -2.24. The molecule has 0 saturated carbocycles. The lowest BCUT2D eigenvalue weighted by atomic mass is 10.3. The molecule has 0 spiro atoms. The highest BCUT2D eigenvalue weighted by Crippen LogP contribution is 2.38. The molecule has 0 radical (unpaired) electrons. The van der Waals surface area contributed by atoms with Gasteiger partial charge in [-0.2, -0.15) is 0 Å². The van der Waals surface area contributed by atoms with Gasteiger partial charge < -0.3 is 9.47 Å². The van der Waals surface area contributed by atoms with E-state index in [1.807, 2.05) is 0 Å². The van der Waals surface area contributed by atoms with E-state index in [9.17, 15) is 13.6 Å². The molecule has 1 aliphatic rings. The SMILES string of the molecule is C=C(C)C(=O)OCC1OC1(F)CF. The summed E-state index contributed by atoms with van der Waals surface area (Å²) < 4.78 is 33.5. The van der Waals surface area contributed by atoms with Gasteiger partial charge in [0.05, 0.1) is 0 Å². The molecule has 1 saturated heterocycles. The molecule has 2 unspecified atom stereocenters. The topological polar surface area (TPSA) is 38.8 Å². The van der Waals surface area contributed by atoms with Crippen LogP contribution in [-0.2, 0) is 14.3 Å². The van der Waals surface area contributed by atoms with Gasteiger partial charge in [0.1, 0.15) is 6.61 Å². The van der Waals surface area contributed by atoms with Gasteiger partial charge in [0, 0.05) is 5.57 Å². The van der Waals surface area contributed by atoms with Gasteiger partial charge in [-0.05, 0) is 6.92 Å². The second-order valence-corrected chi connectivity index (χ2v) is 2.91. The van der Waals surface area contributed by atoms with Crippen molar-refractivity contribution in [3.63, 3.8) is 0 Å². The van der Waals surface area contributed by atoms with Crippen molar-refractivity contribution in [2.45, 2.75) is 18.9 Å². The summed E-state index contributed by atoms with van der Waals surface area (Å²) in [7, 11) is 0. The molecule has 74 valence electrons. The molecule has 1 rings (SSSR count). The molecule has 5 heteroatoms.